The van der Waals surface area contributed by atoms with Crippen LogP contribution in [0.25, 0.3) is 16.3 Å². The molecule has 1 unspecified atom stereocenters. The molecule has 0 spiro atoms. The lowest BCUT2D eigenvalue weighted by atomic mass is 9.89. The van der Waals surface area contributed by atoms with Crippen LogP contribution < -0.4 is 0 Å². The lowest BCUT2D eigenvalue weighted by molar-refractivity contribution is -0.129. The van der Waals surface area contributed by atoms with Crippen molar-refractivity contribution in [1.82, 2.24) is 14.5 Å². The van der Waals surface area contributed by atoms with Crippen LogP contribution in [0.3, 0.4) is 0 Å². The Kier molecular flexibility index (Phi) is 5.11. The van der Waals surface area contributed by atoms with Crippen molar-refractivity contribution in [3.05, 3.63) is 102 Å². The van der Waals surface area contributed by atoms with Crippen molar-refractivity contribution in [1.29, 1.82) is 0 Å². The number of carbonyl (C=O) groups is 1. The molecule has 0 bridgehead atoms. The number of fused-ring (bicyclic) bond motifs is 1. The number of aromatic nitrogens is 2. The van der Waals surface area contributed by atoms with Crippen LogP contribution in [0.5, 0.6) is 5.75 Å². The van der Waals surface area contributed by atoms with E-state index in [-0.39, 0.29) is 11.5 Å². The zero-order valence-electron chi connectivity index (χ0n) is 17.4. The fourth-order valence-electron chi connectivity index (χ4n) is 4.51. The van der Waals surface area contributed by atoms with Gasteiger partial charge in [0.25, 0.3) is 5.91 Å². The van der Waals surface area contributed by atoms with Gasteiger partial charge in [-0.15, -0.1) is 0 Å². The number of phenolic OH excluding ortho intramolecular Hbond substituents is 1. The maximum Gasteiger partial charge on any atom is 0.289 e. The molecule has 0 aliphatic carbocycles. The van der Waals surface area contributed by atoms with Crippen molar-refractivity contribution >= 4 is 22.3 Å². The lowest BCUT2D eigenvalue weighted by Gasteiger charge is -2.29. The van der Waals surface area contributed by atoms with E-state index >= 15 is 0 Å². The molecular formula is C26H23N3O3. The van der Waals surface area contributed by atoms with Crippen LogP contribution in [0.4, 0.5) is 0 Å². The molecule has 32 heavy (non-hydrogen) atoms. The van der Waals surface area contributed by atoms with Crippen molar-refractivity contribution in [3.8, 4) is 5.75 Å². The highest BCUT2D eigenvalue weighted by Crippen LogP contribution is 2.47. The summed E-state index contributed by atoms with van der Waals surface area (Å²) >= 11 is 0. The first kappa shape index (κ1) is 19.9. The molecular weight excluding hydrogens is 402 g/mol. The van der Waals surface area contributed by atoms with E-state index < -0.39 is 11.9 Å². The Labute approximate surface area is 185 Å². The van der Waals surface area contributed by atoms with Gasteiger partial charge in [-0.25, -0.2) is 4.98 Å². The second kappa shape index (κ2) is 8.23. The number of benzene rings is 3. The summed E-state index contributed by atoms with van der Waals surface area (Å²) in [4.78, 5) is 19.0. The Balaban J connectivity index is 1.62. The molecule has 1 aliphatic rings. The zero-order chi connectivity index (χ0) is 22.1. The molecule has 0 saturated heterocycles. The summed E-state index contributed by atoms with van der Waals surface area (Å²) in [5, 5.41) is 23.7. The van der Waals surface area contributed by atoms with E-state index in [2.05, 4.69) is 4.98 Å². The normalized spacial score (nSPS) is 16.3. The predicted molar refractivity (Wildman–Crippen MR) is 123 cm³/mol. The minimum atomic E-state index is -0.598. The average Bonchev–Trinajstić information content (AvgIpc) is 3.42. The molecule has 1 aliphatic heterocycles. The van der Waals surface area contributed by atoms with Gasteiger partial charge in [-0.05, 0) is 28.8 Å². The fourth-order valence-corrected chi connectivity index (χ4v) is 4.51. The number of hydrogen-bond donors (Lipinski definition) is 2. The van der Waals surface area contributed by atoms with Crippen molar-refractivity contribution in [2.75, 3.05) is 6.54 Å². The first-order valence-corrected chi connectivity index (χ1v) is 10.6. The molecule has 2 heterocycles. The molecule has 4 aromatic rings. The Morgan fingerprint density at radius 2 is 1.69 bits per heavy atom. The van der Waals surface area contributed by atoms with E-state index in [1.54, 1.807) is 23.5 Å². The van der Waals surface area contributed by atoms with E-state index in [4.69, 9.17) is 0 Å². The molecule has 0 saturated carbocycles. The maximum absolute atomic E-state index is 13.2. The van der Waals surface area contributed by atoms with Gasteiger partial charge < -0.3 is 19.7 Å². The van der Waals surface area contributed by atoms with Gasteiger partial charge in [0.05, 0.1) is 12.4 Å². The SMILES string of the molecule is O=C1C(O)=C(c2ccccc2)C(c2c(O)ccc3ccccc23)N1CCCn1ccnc1. The van der Waals surface area contributed by atoms with Crippen LogP contribution in [0.1, 0.15) is 23.6 Å². The van der Waals surface area contributed by atoms with Gasteiger partial charge >= 0.3 is 0 Å². The number of amides is 1. The standard InChI is InChI=1S/C26H23N3O3/c30-21-12-11-18-7-4-5-10-20(18)23(21)24-22(19-8-2-1-3-9-19)25(31)26(32)29(24)15-6-14-28-16-13-27-17-28/h1-5,7-13,16-17,24,30-31H,6,14-15H2. The fraction of sp³-hybridized carbons (Fsp3) is 0.154. The third-order valence-electron chi connectivity index (χ3n) is 5.98. The van der Waals surface area contributed by atoms with Crippen LogP contribution in [-0.2, 0) is 11.3 Å². The number of carbonyl (C=O) groups excluding carboxylic acids is 1. The summed E-state index contributed by atoms with van der Waals surface area (Å²) in [6, 6.07) is 20.1. The van der Waals surface area contributed by atoms with Crippen molar-refractivity contribution in [3.63, 3.8) is 0 Å². The van der Waals surface area contributed by atoms with E-state index in [0.717, 1.165) is 16.3 Å². The Morgan fingerprint density at radius 1 is 0.906 bits per heavy atom. The Hall–Kier alpha value is -4.06. The maximum atomic E-state index is 13.2. The summed E-state index contributed by atoms with van der Waals surface area (Å²) in [7, 11) is 0. The molecule has 1 amide bonds. The van der Waals surface area contributed by atoms with Crippen molar-refractivity contribution in [2.45, 2.75) is 19.0 Å². The average molecular weight is 425 g/mol. The molecule has 6 heteroatoms. The van der Waals surface area contributed by atoms with Gasteiger partial charge in [0.2, 0.25) is 0 Å². The summed E-state index contributed by atoms with van der Waals surface area (Å²) < 4.78 is 1.95. The number of aryl methyl sites for hydroxylation is 1. The minimum absolute atomic E-state index is 0.101. The number of nitrogens with zero attached hydrogens (tertiary/aromatic N) is 3. The quantitative estimate of drug-likeness (QED) is 0.470. The molecule has 1 aromatic heterocycles. The van der Waals surface area contributed by atoms with Gasteiger partial charge in [0.15, 0.2) is 5.76 Å². The van der Waals surface area contributed by atoms with Crippen molar-refractivity contribution in [2.24, 2.45) is 0 Å². The third kappa shape index (κ3) is 3.39. The summed E-state index contributed by atoms with van der Waals surface area (Å²) in [6.45, 7) is 1.12. The molecule has 0 fully saturated rings. The topological polar surface area (TPSA) is 78.6 Å². The Morgan fingerprint density at radius 3 is 2.47 bits per heavy atom. The molecule has 160 valence electrons. The van der Waals surface area contributed by atoms with E-state index in [1.165, 1.54) is 0 Å². The predicted octanol–water partition coefficient (Wildman–Crippen LogP) is 4.68. The van der Waals surface area contributed by atoms with E-state index in [9.17, 15) is 15.0 Å². The monoisotopic (exact) mass is 425 g/mol. The summed E-state index contributed by atoms with van der Waals surface area (Å²) in [5.74, 6) is -0.591. The van der Waals surface area contributed by atoms with Crippen LogP contribution in [-0.4, -0.2) is 37.1 Å². The molecule has 3 aromatic carbocycles. The smallest absolute Gasteiger partial charge is 0.289 e. The number of imidazole rings is 1. The van der Waals surface area contributed by atoms with Gasteiger partial charge in [-0.2, -0.15) is 0 Å². The minimum Gasteiger partial charge on any atom is -0.508 e. The van der Waals surface area contributed by atoms with Crippen molar-refractivity contribution < 1.29 is 15.0 Å². The molecule has 5 rings (SSSR count). The largest absolute Gasteiger partial charge is 0.508 e. The number of aliphatic hydroxyl groups is 1. The zero-order valence-corrected chi connectivity index (χ0v) is 17.4. The number of aliphatic hydroxyl groups excluding tert-OH is 1. The highest BCUT2D eigenvalue weighted by atomic mass is 16.3. The third-order valence-corrected chi connectivity index (χ3v) is 5.98. The van der Waals surface area contributed by atoms with Gasteiger partial charge in [-0.1, -0.05) is 60.7 Å². The van der Waals surface area contributed by atoms with Gasteiger partial charge in [0.1, 0.15) is 5.75 Å². The number of aromatic hydroxyl groups is 1. The van der Waals surface area contributed by atoms with Gasteiger partial charge in [0, 0.05) is 36.6 Å². The van der Waals surface area contributed by atoms with Crippen LogP contribution in [0.2, 0.25) is 0 Å². The van der Waals surface area contributed by atoms with E-state index in [1.807, 2.05) is 71.4 Å². The van der Waals surface area contributed by atoms with Crippen LogP contribution in [0.15, 0.2) is 91.2 Å². The number of rotatable bonds is 6. The second-order valence-corrected chi connectivity index (χ2v) is 7.90. The van der Waals surface area contributed by atoms with Gasteiger partial charge in [-0.3, -0.25) is 4.79 Å². The first-order valence-electron chi connectivity index (χ1n) is 10.6. The summed E-state index contributed by atoms with van der Waals surface area (Å²) in [5.41, 5.74) is 1.90. The molecule has 0 radical (unpaired) electrons. The van der Waals surface area contributed by atoms with Crippen LogP contribution in [0, 0.1) is 0 Å². The first-order chi connectivity index (χ1) is 15.6. The second-order valence-electron chi connectivity index (χ2n) is 7.90. The highest BCUT2D eigenvalue weighted by Gasteiger charge is 2.42. The lowest BCUT2D eigenvalue weighted by Crippen LogP contribution is -2.32. The Bertz CT molecular complexity index is 1300. The number of phenols is 1. The molecule has 1 atom stereocenters. The van der Waals surface area contributed by atoms with Crippen LogP contribution >= 0.6 is 0 Å². The highest BCUT2D eigenvalue weighted by molar-refractivity contribution is 6.07. The van der Waals surface area contributed by atoms with E-state index in [0.29, 0.717) is 30.6 Å². The molecule has 2 N–H and O–H groups in total. The number of hydrogen-bond acceptors (Lipinski definition) is 4. The summed E-state index contributed by atoms with van der Waals surface area (Å²) in [6.07, 6.45) is 6.02. The molecule has 6 nitrogen and oxygen atoms in total.